The molecule has 0 aliphatic heterocycles. The van der Waals surface area contributed by atoms with E-state index in [4.69, 9.17) is 4.74 Å². The second-order valence-electron chi connectivity index (χ2n) is 4.44. The van der Waals surface area contributed by atoms with E-state index in [9.17, 15) is 4.79 Å². The molecule has 3 aromatic rings. The highest BCUT2D eigenvalue weighted by molar-refractivity contribution is 7.12. The minimum Gasteiger partial charge on any atom is -0.456 e. The highest BCUT2D eigenvalue weighted by Crippen LogP contribution is 2.18. The zero-order chi connectivity index (χ0) is 15.2. The maximum atomic E-state index is 11.8. The van der Waals surface area contributed by atoms with E-state index < -0.39 is 0 Å². The van der Waals surface area contributed by atoms with Crippen molar-refractivity contribution < 1.29 is 9.53 Å². The van der Waals surface area contributed by atoms with Crippen molar-refractivity contribution in [3.05, 3.63) is 80.2 Å². The van der Waals surface area contributed by atoms with E-state index >= 15 is 0 Å². The lowest BCUT2D eigenvalue weighted by molar-refractivity contribution is 0.0482. The lowest BCUT2D eigenvalue weighted by Crippen LogP contribution is -2.01. The Morgan fingerprint density at radius 3 is 2.64 bits per heavy atom. The fraction of sp³-hybridized carbons (Fsp3) is 0.0556. The summed E-state index contributed by atoms with van der Waals surface area (Å²) in [7, 11) is 0. The van der Waals surface area contributed by atoms with Gasteiger partial charge in [0.15, 0.2) is 0 Å². The zero-order valence-electron chi connectivity index (χ0n) is 11.6. The molecule has 1 aromatic carbocycles. The second-order valence-corrected chi connectivity index (χ2v) is 6.55. The van der Waals surface area contributed by atoms with Crippen LogP contribution in [0.1, 0.15) is 25.0 Å². The largest absolute Gasteiger partial charge is 0.456 e. The van der Waals surface area contributed by atoms with Gasteiger partial charge < -0.3 is 4.74 Å². The molecule has 0 bridgehead atoms. The maximum Gasteiger partial charge on any atom is 0.348 e. The molecule has 22 heavy (non-hydrogen) atoms. The Morgan fingerprint density at radius 2 is 1.86 bits per heavy atom. The Morgan fingerprint density at radius 1 is 1.00 bits per heavy atom. The molecule has 4 heteroatoms. The molecule has 0 unspecified atom stereocenters. The molecule has 0 N–H and O–H groups in total. The Kier molecular flexibility index (Phi) is 4.69. The van der Waals surface area contributed by atoms with Gasteiger partial charge in [0.25, 0.3) is 0 Å². The van der Waals surface area contributed by atoms with Crippen LogP contribution in [-0.2, 0) is 11.3 Å². The number of benzene rings is 1. The van der Waals surface area contributed by atoms with Gasteiger partial charge in [-0.15, -0.1) is 22.7 Å². The van der Waals surface area contributed by atoms with Gasteiger partial charge in [0.1, 0.15) is 11.5 Å². The standard InChI is InChI=1S/C18H12O2S2/c19-18(17-7-4-12-21-17)20-13-16-11-10-15(22-16)9-8-14-5-2-1-3-6-14/h1-7,10-12H,13H2. The van der Waals surface area contributed by atoms with Crippen molar-refractivity contribution in [2.45, 2.75) is 6.61 Å². The Bertz CT molecular complexity index is 806. The number of hydrogen-bond acceptors (Lipinski definition) is 4. The van der Waals surface area contributed by atoms with Gasteiger partial charge in [-0.1, -0.05) is 36.1 Å². The van der Waals surface area contributed by atoms with Crippen molar-refractivity contribution in [2.24, 2.45) is 0 Å². The van der Waals surface area contributed by atoms with Crippen molar-refractivity contribution in [3.8, 4) is 11.8 Å². The van der Waals surface area contributed by atoms with Crippen molar-refractivity contribution in [1.29, 1.82) is 0 Å². The van der Waals surface area contributed by atoms with Crippen molar-refractivity contribution in [3.63, 3.8) is 0 Å². The number of carbonyl (C=O) groups is 1. The molecule has 3 rings (SSSR count). The van der Waals surface area contributed by atoms with Crippen molar-refractivity contribution >= 4 is 28.6 Å². The molecule has 2 heterocycles. The first-order chi connectivity index (χ1) is 10.8. The molecule has 0 fully saturated rings. The van der Waals surface area contributed by atoms with E-state index in [1.54, 1.807) is 17.4 Å². The van der Waals surface area contributed by atoms with Crippen LogP contribution in [0.25, 0.3) is 0 Å². The predicted octanol–water partition coefficient (Wildman–Crippen LogP) is 4.57. The third-order valence-corrected chi connectivity index (χ3v) is 4.66. The average Bonchev–Trinajstić information content (AvgIpc) is 3.23. The normalized spacial score (nSPS) is 9.82. The van der Waals surface area contributed by atoms with Gasteiger partial charge in [0.05, 0.1) is 4.88 Å². The monoisotopic (exact) mass is 324 g/mol. The lowest BCUT2D eigenvalue weighted by atomic mass is 10.2. The smallest absolute Gasteiger partial charge is 0.348 e. The average molecular weight is 324 g/mol. The number of thiophene rings is 2. The summed E-state index contributed by atoms with van der Waals surface area (Å²) in [6.07, 6.45) is 0. The molecule has 0 saturated carbocycles. The molecule has 2 aromatic heterocycles. The summed E-state index contributed by atoms with van der Waals surface area (Å²) in [5, 5.41) is 1.86. The molecule has 0 atom stereocenters. The third kappa shape index (κ3) is 3.85. The summed E-state index contributed by atoms with van der Waals surface area (Å²) in [6, 6.07) is 17.4. The van der Waals surface area contributed by atoms with Crippen LogP contribution in [-0.4, -0.2) is 5.97 Å². The Labute approximate surface area is 137 Å². The quantitative estimate of drug-likeness (QED) is 0.521. The lowest BCUT2D eigenvalue weighted by Gasteiger charge is -2.00. The predicted molar refractivity (Wildman–Crippen MR) is 90.2 cm³/mol. The molecule has 0 spiro atoms. The molecular weight excluding hydrogens is 312 g/mol. The van der Waals surface area contributed by atoms with Gasteiger partial charge in [0, 0.05) is 10.4 Å². The summed E-state index contributed by atoms with van der Waals surface area (Å²) in [5.41, 5.74) is 0.988. The minimum absolute atomic E-state index is 0.277. The summed E-state index contributed by atoms with van der Waals surface area (Å²) in [5.74, 6) is 5.96. The molecule has 0 radical (unpaired) electrons. The molecule has 0 aliphatic rings. The van der Waals surface area contributed by atoms with Crippen LogP contribution >= 0.6 is 22.7 Å². The van der Waals surface area contributed by atoms with Crippen LogP contribution in [0.4, 0.5) is 0 Å². The van der Waals surface area contributed by atoms with Crippen molar-refractivity contribution in [2.75, 3.05) is 0 Å². The summed E-state index contributed by atoms with van der Waals surface area (Å²) >= 11 is 2.93. The van der Waals surface area contributed by atoms with E-state index in [2.05, 4.69) is 11.8 Å². The Balaban J connectivity index is 1.60. The summed E-state index contributed by atoms with van der Waals surface area (Å²) in [4.78, 5) is 14.3. The summed E-state index contributed by atoms with van der Waals surface area (Å²) < 4.78 is 5.28. The van der Waals surface area contributed by atoms with Gasteiger partial charge in [-0.25, -0.2) is 4.79 Å². The molecule has 0 saturated heterocycles. The van der Waals surface area contributed by atoms with Crippen molar-refractivity contribution in [1.82, 2.24) is 0 Å². The van der Waals surface area contributed by atoms with Gasteiger partial charge >= 0.3 is 5.97 Å². The van der Waals surface area contributed by atoms with Crippen LogP contribution in [0.5, 0.6) is 0 Å². The fourth-order valence-electron chi connectivity index (χ4n) is 1.78. The molecule has 108 valence electrons. The van der Waals surface area contributed by atoms with E-state index in [0.29, 0.717) is 4.88 Å². The number of esters is 1. The maximum absolute atomic E-state index is 11.8. The van der Waals surface area contributed by atoms with Gasteiger partial charge in [-0.05, 0) is 35.7 Å². The highest BCUT2D eigenvalue weighted by Gasteiger charge is 2.08. The first kappa shape index (κ1) is 14.6. The highest BCUT2D eigenvalue weighted by atomic mass is 32.1. The van der Waals surface area contributed by atoms with Crippen LogP contribution in [0.3, 0.4) is 0 Å². The zero-order valence-corrected chi connectivity index (χ0v) is 13.2. The van der Waals surface area contributed by atoms with E-state index in [-0.39, 0.29) is 12.6 Å². The molecule has 2 nitrogen and oxygen atoms in total. The van der Waals surface area contributed by atoms with Crippen LogP contribution < -0.4 is 0 Å². The molecular formula is C18H12O2S2. The first-order valence-corrected chi connectivity index (χ1v) is 8.37. The SMILES string of the molecule is O=C(OCc1ccc(C#Cc2ccccc2)s1)c1cccs1. The minimum atomic E-state index is -0.277. The number of hydrogen-bond donors (Lipinski definition) is 0. The first-order valence-electron chi connectivity index (χ1n) is 6.68. The molecule has 0 aliphatic carbocycles. The van der Waals surface area contributed by atoms with Gasteiger partial charge in [0.2, 0.25) is 0 Å². The fourth-order valence-corrected chi connectivity index (χ4v) is 3.17. The van der Waals surface area contributed by atoms with Gasteiger partial charge in [-0.2, -0.15) is 0 Å². The third-order valence-electron chi connectivity index (χ3n) is 2.83. The summed E-state index contributed by atoms with van der Waals surface area (Å²) in [6.45, 7) is 0.286. The number of ether oxygens (including phenoxy) is 1. The van der Waals surface area contributed by atoms with E-state index in [0.717, 1.165) is 15.3 Å². The topological polar surface area (TPSA) is 26.3 Å². The van der Waals surface area contributed by atoms with E-state index in [1.807, 2.05) is 53.9 Å². The Hall–Kier alpha value is -2.35. The van der Waals surface area contributed by atoms with E-state index in [1.165, 1.54) is 11.3 Å². The molecule has 0 amide bonds. The van der Waals surface area contributed by atoms with Crippen LogP contribution in [0, 0.1) is 11.8 Å². The van der Waals surface area contributed by atoms with Crippen LogP contribution in [0.15, 0.2) is 60.0 Å². The van der Waals surface area contributed by atoms with Gasteiger partial charge in [-0.3, -0.25) is 0 Å². The number of carbonyl (C=O) groups excluding carboxylic acids is 1. The number of rotatable bonds is 3. The second kappa shape index (κ2) is 7.08. The van der Waals surface area contributed by atoms with Crippen LogP contribution in [0.2, 0.25) is 0 Å².